The molecule has 0 heterocycles. The largest absolute Gasteiger partial charge is 0.347 e. The number of benzene rings is 2. The fourth-order valence-electron chi connectivity index (χ4n) is 2.31. The summed E-state index contributed by atoms with van der Waals surface area (Å²) in [6.07, 6.45) is 0.172. The number of carbonyl (C=O) groups excluding carboxylic acids is 2. The molecule has 0 saturated heterocycles. The molecule has 0 aromatic heterocycles. The van der Waals surface area contributed by atoms with E-state index in [2.05, 4.69) is 16.0 Å². The molecule has 5 nitrogen and oxygen atoms in total. The summed E-state index contributed by atoms with van der Waals surface area (Å²) in [6, 6.07) is 14.0. The molecule has 3 N–H and O–H groups in total. The Bertz CT molecular complexity index is 845. The SMILES string of the molecule is CC(C)(C)NC(=O)c1ccccc1NC(=S)NC(=O)Cc1ccc(Cl)cc1. The highest BCUT2D eigenvalue weighted by Gasteiger charge is 2.18. The van der Waals surface area contributed by atoms with Crippen LogP contribution in [0.3, 0.4) is 0 Å². The number of thiocarbonyl (C=S) groups is 1. The van der Waals surface area contributed by atoms with Crippen LogP contribution in [0.5, 0.6) is 0 Å². The second-order valence-corrected chi connectivity index (χ2v) is 7.90. The number of amides is 2. The number of hydrogen-bond donors (Lipinski definition) is 3. The number of hydrogen-bond acceptors (Lipinski definition) is 3. The molecule has 0 fully saturated rings. The molecule has 0 radical (unpaired) electrons. The molecule has 142 valence electrons. The summed E-state index contributed by atoms with van der Waals surface area (Å²) in [6.45, 7) is 5.72. The summed E-state index contributed by atoms with van der Waals surface area (Å²) in [4.78, 5) is 24.6. The van der Waals surface area contributed by atoms with Gasteiger partial charge in [-0.05, 0) is 62.8 Å². The highest BCUT2D eigenvalue weighted by atomic mass is 35.5. The van der Waals surface area contributed by atoms with Gasteiger partial charge in [-0.3, -0.25) is 9.59 Å². The quantitative estimate of drug-likeness (QED) is 0.676. The molecule has 2 amide bonds. The maximum atomic E-state index is 12.5. The van der Waals surface area contributed by atoms with E-state index in [0.717, 1.165) is 5.56 Å². The lowest BCUT2D eigenvalue weighted by Gasteiger charge is -2.21. The summed E-state index contributed by atoms with van der Waals surface area (Å²) in [7, 11) is 0. The summed E-state index contributed by atoms with van der Waals surface area (Å²) < 4.78 is 0. The maximum absolute atomic E-state index is 12.5. The van der Waals surface area contributed by atoms with Crippen molar-refractivity contribution in [3.05, 3.63) is 64.7 Å². The van der Waals surface area contributed by atoms with Gasteiger partial charge in [0, 0.05) is 10.6 Å². The van der Waals surface area contributed by atoms with Gasteiger partial charge in [-0.1, -0.05) is 35.9 Å². The summed E-state index contributed by atoms with van der Waals surface area (Å²) >= 11 is 11.0. The topological polar surface area (TPSA) is 70.2 Å². The Hall–Kier alpha value is -2.44. The summed E-state index contributed by atoms with van der Waals surface area (Å²) in [5.74, 6) is -0.479. The predicted octanol–water partition coefficient (Wildman–Crippen LogP) is 3.92. The minimum Gasteiger partial charge on any atom is -0.347 e. The van der Waals surface area contributed by atoms with Gasteiger partial charge in [-0.2, -0.15) is 0 Å². The monoisotopic (exact) mass is 403 g/mol. The third-order valence-corrected chi connectivity index (χ3v) is 3.90. The Balaban J connectivity index is 2.00. The zero-order chi connectivity index (χ0) is 20.0. The molecule has 0 aliphatic carbocycles. The van der Waals surface area contributed by atoms with E-state index in [1.807, 2.05) is 20.8 Å². The molecule has 2 aromatic carbocycles. The van der Waals surface area contributed by atoms with E-state index in [1.165, 1.54) is 0 Å². The normalized spacial score (nSPS) is 10.8. The summed E-state index contributed by atoms with van der Waals surface area (Å²) in [5.41, 5.74) is 1.43. The number of nitrogens with one attached hydrogen (secondary N) is 3. The van der Waals surface area contributed by atoms with E-state index < -0.39 is 0 Å². The van der Waals surface area contributed by atoms with Crippen molar-refractivity contribution in [2.75, 3.05) is 5.32 Å². The van der Waals surface area contributed by atoms with E-state index in [-0.39, 0.29) is 28.9 Å². The molecule has 0 saturated carbocycles. The van der Waals surface area contributed by atoms with Crippen LogP contribution in [0.25, 0.3) is 0 Å². The Labute approximate surface area is 169 Å². The van der Waals surface area contributed by atoms with Crippen LogP contribution in [0.1, 0.15) is 36.7 Å². The minimum atomic E-state index is -0.364. The lowest BCUT2D eigenvalue weighted by molar-refractivity contribution is -0.119. The van der Waals surface area contributed by atoms with Crippen molar-refractivity contribution >= 4 is 46.4 Å². The first kappa shape index (κ1) is 20.9. The fourth-order valence-corrected chi connectivity index (χ4v) is 2.66. The Morgan fingerprint density at radius 1 is 1.04 bits per heavy atom. The first-order valence-corrected chi connectivity index (χ1v) is 9.19. The lowest BCUT2D eigenvalue weighted by atomic mass is 10.1. The van der Waals surface area contributed by atoms with Gasteiger partial charge in [0.25, 0.3) is 5.91 Å². The van der Waals surface area contributed by atoms with Crippen molar-refractivity contribution in [1.82, 2.24) is 10.6 Å². The molecule has 0 aliphatic heterocycles. The van der Waals surface area contributed by atoms with Crippen LogP contribution in [0.15, 0.2) is 48.5 Å². The molecule has 0 bridgehead atoms. The first-order valence-electron chi connectivity index (χ1n) is 8.41. The third kappa shape index (κ3) is 7.00. The van der Waals surface area contributed by atoms with E-state index in [4.69, 9.17) is 23.8 Å². The van der Waals surface area contributed by atoms with Crippen LogP contribution >= 0.6 is 23.8 Å². The third-order valence-electron chi connectivity index (χ3n) is 3.44. The summed E-state index contributed by atoms with van der Waals surface area (Å²) in [5, 5.41) is 9.19. The Morgan fingerprint density at radius 2 is 1.67 bits per heavy atom. The molecule has 2 rings (SSSR count). The van der Waals surface area contributed by atoms with E-state index in [0.29, 0.717) is 16.3 Å². The molecule has 0 unspecified atom stereocenters. The lowest BCUT2D eigenvalue weighted by Crippen LogP contribution is -2.41. The second-order valence-electron chi connectivity index (χ2n) is 7.06. The van der Waals surface area contributed by atoms with E-state index >= 15 is 0 Å². The fraction of sp³-hybridized carbons (Fsp3) is 0.250. The number of rotatable bonds is 4. The van der Waals surface area contributed by atoms with Crippen molar-refractivity contribution < 1.29 is 9.59 Å². The van der Waals surface area contributed by atoms with Gasteiger partial charge in [-0.25, -0.2) is 0 Å². The zero-order valence-electron chi connectivity index (χ0n) is 15.4. The van der Waals surface area contributed by atoms with Crippen molar-refractivity contribution in [2.24, 2.45) is 0 Å². The highest BCUT2D eigenvalue weighted by molar-refractivity contribution is 7.80. The van der Waals surface area contributed by atoms with Crippen LogP contribution in [0.4, 0.5) is 5.69 Å². The first-order chi connectivity index (χ1) is 12.6. The van der Waals surface area contributed by atoms with Gasteiger partial charge < -0.3 is 16.0 Å². The molecule has 0 spiro atoms. The van der Waals surface area contributed by atoms with Gasteiger partial charge in [0.2, 0.25) is 5.91 Å². The van der Waals surface area contributed by atoms with Crippen molar-refractivity contribution in [2.45, 2.75) is 32.7 Å². The van der Waals surface area contributed by atoms with Crippen molar-refractivity contribution in [3.63, 3.8) is 0 Å². The number of anilines is 1. The molecular formula is C20H22ClN3O2S. The molecule has 0 aliphatic rings. The molecular weight excluding hydrogens is 382 g/mol. The van der Waals surface area contributed by atoms with Crippen LogP contribution < -0.4 is 16.0 Å². The van der Waals surface area contributed by atoms with Crippen LogP contribution in [-0.2, 0) is 11.2 Å². The number of halogens is 1. The zero-order valence-corrected chi connectivity index (χ0v) is 17.0. The van der Waals surface area contributed by atoms with Gasteiger partial charge >= 0.3 is 0 Å². The molecule has 2 aromatic rings. The van der Waals surface area contributed by atoms with Crippen LogP contribution in [0.2, 0.25) is 5.02 Å². The average molecular weight is 404 g/mol. The average Bonchev–Trinajstić information content (AvgIpc) is 2.55. The Kier molecular flexibility index (Phi) is 6.93. The van der Waals surface area contributed by atoms with Crippen molar-refractivity contribution in [1.29, 1.82) is 0 Å². The maximum Gasteiger partial charge on any atom is 0.253 e. The highest BCUT2D eigenvalue weighted by Crippen LogP contribution is 2.16. The minimum absolute atomic E-state index is 0.130. The smallest absolute Gasteiger partial charge is 0.253 e. The molecule has 27 heavy (non-hydrogen) atoms. The second kappa shape index (κ2) is 8.97. The Morgan fingerprint density at radius 3 is 2.30 bits per heavy atom. The van der Waals surface area contributed by atoms with Gasteiger partial charge in [-0.15, -0.1) is 0 Å². The molecule has 7 heteroatoms. The van der Waals surface area contributed by atoms with Crippen LogP contribution in [0, 0.1) is 0 Å². The van der Waals surface area contributed by atoms with Crippen LogP contribution in [-0.4, -0.2) is 22.5 Å². The van der Waals surface area contributed by atoms with E-state index in [9.17, 15) is 9.59 Å². The molecule has 0 atom stereocenters. The number of para-hydroxylation sites is 1. The van der Waals surface area contributed by atoms with Crippen molar-refractivity contribution in [3.8, 4) is 0 Å². The predicted molar refractivity (Wildman–Crippen MR) is 113 cm³/mol. The standard InChI is InChI=1S/C20H22ClN3O2S/c1-20(2,3)24-18(26)15-6-4-5-7-16(15)22-19(27)23-17(25)12-13-8-10-14(21)11-9-13/h4-11H,12H2,1-3H3,(H,24,26)(H2,22,23,25,27). The van der Waals surface area contributed by atoms with Gasteiger partial charge in [0.05, 0.1) is 17.7 Å². The van der Waals surface area contributed by atoms with Gasteiger partial charge in [0.1, 0.15) is 0 Å². The number of carbonyl (C=O) groups is 2. The van der Waals surface area contributed by atoms with E-state index in [1.54, 1.807) is 48.5 Å². The van der Waals surface area contributed by atoms with Gasteiger partial charge in [0.15, 0.2) is 5.11 Å².